The summed E-state index contributed by atoms with van der Waals surface area (Å²) < 4.78 is 49.8. The van der Waals surface area contributed by atoms with Crippen LogP contribution >= 0.6 is 0 Å². The maximum atomic E-state index is 12.3. The fourth-order valence-corrected chi connectivity index (χ4v) is 5.61. The van der Waals surface area contributed by atoms with Gasteiger partial charge in [0.05, 0.1) is 28.1 Å². The van der Waals surface area contributed by atoms with Crippen molar-refractivity contribution in [3.8, 4) is 0 Å². The molecule has 0 spiro atoms. The van der Waals surface area contributed by atoms with Gasteiger partial charge in [-0.2, -0.15) is 0 Å². The maximum absolute atomic E-state index is 12.3. The minimum atomic E-state index is -3.63. The van der Waals surface area contributed by atoms with E-state index < -0.39 is 25.1 Å². The Balaban J connectivity index is 2.20. The fraction of sp³-hybridized carbons (Fsp3) is 0.500. The van der Waals surface area contributed by atoms with Crippen molar-refractivity contribution < 1.29 is 16.8 Å². The first-order valence-electron chi connectivity index (χ1n) is 6.28. The smallest absolute Gasteiger partial charge is 0.235 e. The van der Waals surface area contributed by atoms with Gasteiger partial charge in [-0.15, -0.1) is 0 Å². The second-order valence-electron chi connectivity index (χ2n) is 5.04. The van der Waals surface area contributed by atoms with Gasteiger partial charge < -0.3 is 5.73 Å². The number of nitrogen functional groups attached to an aromatic ring is 1. The molecule has 1 aromatic rings. The number of aryl methyl sites for hydroxylation is 1. The summed E-state index contributed by atoms with van der Waals surface area (Å²) in [6.07, 6.45) is 0.257. The molecule has 3 N–H and O–H groups in total. The zero-order chi connectivity index (χ0) is 15.0. The minimum absolute atomic E-state index is 0.0815. The second-order valence-corrected chi connectivity index (χ2v) is 9.30. The molecule has 1 saturated heterocycles. The Labute approximate surface area is 119 Å². The molecule has 1 heterocycles. The topological polar surface area (TPSA) is 106 Å². The molecule has 1 aliphatic rings. The highest BCUT2D eigenvalue weighted by molar-refractivity contribution is 7.94. The monoisotopic (exact) mass is 318 g/mol. The van der Waals surface area contributed by atoms with Crippen LogP contribution < -0.4 is 10.5 Å². The highest BCUT2D eigenvalue weighted by atomic mass is 32.2. The Hall–Kier alpha value is -1.28. The summed E-state index contributed by atoms with van der Waals surface area (Å²) in [5.41, 5.74) is 7.25. The fourth-order valence-electron chi connectivity index (χ4n) is 2.23. The van der Waals surface area contributed by atoms with Crippen LogP contribution in [0.5, 0.6) is 0 Å². The normalized spacial score (nSPS) is 19.6. The van der Waals surface area contributed by atoms with Gasteiger partial charge in [-0.25, -0.2) is 16.8 Å². The van der Waals surface area contributed by atoms with Crippen LogP contribution in [0.15, 0.2) is 18.2 Å². The second kappa shape index (κ2) is 5.25. The number of rotatable bonds is 3. The Morgan fingerprint density at radius 3 is 2.40 bits per heavy atom. The van der Waals surface area contributed by atoms with Crippen LogP contribution in [0.3, 0.4) is 0 Å². The summed E-state index contributed by atoms with van der Waals surface area (Å²) in [5.74, 6) is -0.163. The molecule has 0 aliphatic carbocycles. The standard InChI is InChI=1S/C12H18N2O4S2/c1-9-3-2-4-11(13)12(9)14-20(17,18)10-5-7-19(15,16)8-6-10/h2-4,10,14H,5-8,13H2,1H3. The molecule has 0 amide bonds. The minimum Gasteiger partial charge on any atom is -0.397 e. The van der Waals surface area contributed by atoms with Crippen molar-refractivity contribution in [3.05, 3.63) is 23.8 Å². The summed E-state index contributed by atoms with van der Waals surface area (Å²) >= 11 is 0. The Bertz CT molecular complexity index is 677. The number of para-hydroxylation sites is 1. The van der Waals surface area contributed by atoms with Crippen molar-refractivity contribution in [2.45, 2.75) is 25.0 Å². The van der Waals surface area contributed by atoms with Gasteiger partial charge >= 0.3 is 0 Å². The summed E-state index contributed by atoms with van der Waals surface area (Å²) in [6, 6.07) is 5.13. The van der Waals surface area contributed by atoms with Gasteiger partial charge in [0.25, 0.3) is 0 Å². The zero-order valence-corrected chi connectivity index (χ0v) is 12.8. The molecule has 0 atom stereocenters. The molecule has 1 fully saturated rings. The van der Waals surface area contributed by atoms with Crippen molar-refractivity contribution in [3.63, 3.8) is 0 Å². The van der Waals surface area contributed by atoms with E-state index in [4.69, 9.17) is 5.73 Å². The lowest BCUT2D eigenvalue weighted by molar-refractivity contribution is 0.555. The van der Waals surface area contributed by atoms with E-state index >= 15 is 0 Å². The molecular weight excluding hydrogens is 300 g/mol. The van der Waals surface area contributed by atoms with Gasteiger partial charge in [-0.3, -0.25) is 4.72 Å². The quantitative estimate of drug-likeness (QED) is 0.805. The lowest BCUT2D eigenvalue weighted by atomic mass is 10.2. The molecule has 0 aromatic heterocycles. The predicted octanol–water partition coefficient (Wildman–Crippen LogP) is 0.896. The third kappa shape index (κ3) is 3.24. The highest BCUT2D eigenvalue weighted by Gasteiger charge is 2.33. The van der Waals surface area contributed by atoms with E-state index in [2.05, 4.69) is 4.72 Å². The number of sulfonamides is 1. The van der Waals surface area contributed by atoms with E-state index in [-0.39, 0.29) is 24.3 Å². The first-order chi connectivity index (χ1) is 9.21. The number of hydrogen-bond acceptors (Lipinski definition) is 5. The van der Waals surface area contributed by atoms with Crippen molar-refractivity contribution in [1.82, 2.24) is 0 Å². The zero-order valence-electron chi connectivity index (χ0n) is 11.2. The molecule has 20 heavy (non-hydrogen) atoms. The first-order valence-corrected chi connectivity index (χ1v) is 9.65. The van der Waals surface area contributed by atoms with Gasteiger partial charge in [0.2, 0.25) is 10.0 Å². The third-order valence-electron chi connectivity index (χ3n) is 3.49. The molecule has 112 valence electrons. The van der Waals surface area contributed by atoms with Gasteiger partial charge in [0, 0.05) is 0 Å². The van der Waals surface area contributed by atoms with Crippen molar-refractivity contribution in [2.24, 2.45) is 0 Å². The molecule has 1 aromatic carbocycles. The van der Waals surface area contributed by atoms with E-state index in [0.29, 0.717) is 11.4 Å². The number of nitrogens with one attached hydrogen (secondary N) is 1. The largest absolute Gasteiger partial charge is 0.397 e. The average Bonchev–Trinajstić information content (AvgIpc) is 2.33. The van der Waals surface area contributed by atoms with Crippen LogP contribution in [0.2, 0.25) is 0 Å². The number of hydrogen-bond donors (Lipinski definition) is 2. The van der Waals surface area contributed by atoms with E-state index in [0.717, 1.165) is 5.56 Å². The van der Waals surface area contributed by atoms with Gasteiger partial charge in [0.1, 0.15) is 9.84 Å². The summed E-state index contributed by atoms with van der Waals surface area (Å²) in [4.78, 5) is 0. The number of benzene rings is 1. The Kier molecular flexibility index (Phi) is 3.97. The highest BCUT2D eigenvalue weighted by Crippen LogP contribution is 2.27. The lowest BCUT2D eigenvalue weighted by Gasteiger charge is -2.23. The van der Waals surface area contributed by atoms with E-state index in [1.54, 1.807) is 25.1 Å². The van der Waals surface area contributed by atoms with Crippen LogP contribution in [0.1, 0.15) is 18.4 Å². The molecule has 0 bridgehead atoms. The third-order valence-corrected chi connectivity index (χ3v) is 7.04. The number of sulfone groups is 1. The van der Waals surface area contributed by atoms with Crippen molar-refractivity contribution in [2.75, 3.05) is 22.0 Å². The SMILES string of the molecule is Cc1cccc(N)c1NS(=O)(=O)C1CCS(=O)(=O)CC1. The molecule has 0 radical (unpaired) electrons. The van der Waals surface area contributed by atoms with Crippen LogP contribution in [-0.2, 0) is 19.9 Å². The van der Waals surface area contributed by atoms with E-state index in [1.165, 1.54) is 0 Å². The van der Waals surface area contributed by atoms with Crippen LogP contribution in [-0.4, -0.2) is 33.6 Å². The Morgan fingerprint density at radius 2 is 1.85 bits per heavy atom. The first kappa shape index (κ1) is 15.1. The maximum Gasteiger partial charge on any atom is 0.235 e. The molecule has 1 aliphatic heterocycles. The molecule has 8 heteroatoms. The molecule has 0 saturated carbocycles. The van der Waals surface area contributed by atoms with E-state index in [9.17, 15) is 16.8 Å². The lowest BCUT2D eigenvalue weighted by Crippen LogP contribution is -2.36. The van der Waals surface area contributed by atoms with Crippen LogP contribution in [0.4, 0.5) is 11.4 Å². The van der Waals surface area contributed by atoms with Gasteiger partial charge in [0.15, 0.2) is 0 Å². The molecular formula is C12H18N2O4S2. The van der Waals surface area contributed by atoms with Gasteiger partial charge in [-0.05, 0) is 31.4 Å². The van der Waals surface area contributed by atoms with E-state index in [1.807, 2.05) is 0 Å². The summed E-state index contributed by atoms with van der Waals surface area (Å²) in [5, 5.41) is -0.690. The molecule has 0 unspecified atom stereocenters. The van der Waals surface area contributed by atoms with Crippen LogP contribution in [0.25, 0.3) is 0 Å². The summed E-state index contributed by atoms with van der Waals surface area (Å²) in [6.45, 7) is 1.76. The average molecular weight is 318 g/mol. The predicted molar refractivity (Wildman–Crippen MR) is 79.8 cm³/mol. The molecule has 2 rings (SSSR count). The van der Waals surface area contributed by atoms with Crippen molar-refractivity contribution in [1.29, 1.82) is 0 Å². The van der Waals surface area contributed by atoms with Gasteiger partial charge in [-0.1, -0.05) is 12.1 Å². The summed E-state index contributed by atoms with van der Waals surface area (Å²) in [7, 11) is -6.71. The molecule has 6 nitrogen and oxygen atoms in total. The number of nitrogens with two attached hydrogens (primary N) is 1. The Morgan fingerprint density at radius 1 is 1.25 bits per heavy atom. The van der Waals surface area contributed by atoms with Crippen LogP contribution in [0, 0.1) is 6.92 Å². The van der Waals surface area contributed by atoms with Crippen molar-refractivity contribution >= 4 is 31.2 Å². The number of anilines is 2.